The number of aliphatic hydroxyl groups is 1. The zero-order valence-electron chi connectivity index (χ0n) is 9.78. The van der Waals surface area contributed by atoms with E-state index in [1.807, 2.05) is 41.2 Å². The summed E-state index contributed by atoms with van der Waals surface area (Å²) in [5.41, 5.74) is 0.863. The van der Waals surface area contributed by atoms with Crippen LogP contribution in [-0.4, -0.2) is 21.5 Å². The molecule has 0 unspecified atom stereocenters. The fraction of sp³-hybridized carbons (Fsp3) is 0.308. The van der Waals surface area contributed by atoms with Gasteiger partial charge in [-0.3, -0.25) is 4.68 Å². The molecule has 0 fully saturated rings. The Morgan fingerprint density at radius 1 is 1.41 bits per heavy atom. The van der Waals surface area contributed by atoms with Gasteiger partial charge in [0.25, 0.3) is 0 Å². The normalized spacial score (nSPS) is 12.4. The summed E-state index contributed by atoms with van der Waals surface area (Å²) < 4.78 is 7.42. The second kappa shape index (κ2) is 5.50. The molecular formula is C13H16N2O2. The van der Waals surface area contributed by atoms with Gasteiger partial charge in [0.2, 0.25) is 0 Å². The molecule has 0 amide bonds. The molecule has 0 aliphatic heterocycles. The quantitative estimate of drug-likeness (QED) is 0.857. The van der Waals surface area contributed by atoms with Crippen LogP contribution in [0.2, 0.25) is 0 Å². The standard InChI is InChI=1S/C13H16N2O2/c1-11(16)12-4-2-5-13(10-12)17-9-8-15-7-3-6-14-15/h2-7,10-11,16H,8-9H2,1H3/t11-/m1/s1. The molecule has 0 saturated heterocycles. The number of ether oxygens (including phenoxy) is 1. The maximum absolute atomic E-state index is 9.45. The lowest BCUT2D eigenvalue weighted by Crippen LogP contribution is -2.08. The Kier molecular flexibility index (Phi) is 3.77. The summed E-state index contributed by atoms with van der Waals surface area (Å²) in [4.78, 5) is 0. The highest BCUT2D eigenvalue weighted by atomic mass is 16.5. The van der Waals surface area contributed by atoms with Crippen molar-refractivity contribution in [3.05, 3.63) is 48.3 Å². The van der Waals surface area contributed by atoms with E-state index in [2.05, 4.69) is 5.10 Å². The van der Waals surface area contributed by atoms with E-state index in [0.717, 1.165) is 11.3 Å². The lowest BCUT2D eigenvalue weighted by molar-refractivity contribution is 0.198. The second-order valence-electron chi connectivity index (χ2n) is 3.87. The minimum Gasteiger partial charge on any atom is -0.492 e. The predicted molar refractivity (Wildman–Crippen MR) is 64.8 cm³/mol. The fourth-order valence-corrected chi connectivity index (χ4v) is 1.55. The molecule has 0 radical (unpaired) electrons. The molecule has 4 nitrogen and oxygen atoms in total. The van der Waals surface area contributed by atoms with E-state index in [9.17, 15) is 5.11 Å². The van der Waals surface area contributed by atoms with Crippen molar-refractivity contribution in [2.45, 2.75) is 19.6 Å². The summed E-state index contributed by atoms with van der Waals surface area (Å²) in [5.74, 6) is 0.774. The number of hydrogen-bond donors (Lipinski definition) is 1. The summed E-state index contributed by atoms with van der Waals surface area (Å²) in [6.07, 6.45) is 3.17. The molecule has 0 spiro atoms. The number of hydrogen-bond acceptors (Lipinski definition) is 3. The monoisotopic (exact) mass is 232 g/mol. The molecule has 1 N–H and O–H groups in total. The lowest BCUT2D eigenvalue weighted by Gasteiger charge is -2.09. The third-order valence-electron chi connectivity index (χ3n) is 2.49. The van der Waals surface area contributed by atoms with Crippen LogP contribution in [0.5, 0.6) is 5.75 Å². The minimum atomic E-state index is -0.468. The van der Waals surface area contributed by atoms with E-state index in [0.29, 0.717) is 13.2 Å². The SMILES string of the molecule is C[C@@H](O)c1cccc(OCCn2cccn2)c1. The summed E-state index contributed by atoms with van der Waals surface area (Å²) in [7, 11) is 0. The Balaban J connectivity index is 1.88. The maximum Gasteiger partial charge on any atom is 0.119 e. The first kappa shape index (κ1) is 11.7. The Bertz CT molecular complexity index is 452. The van der Waals surface area contributed by atoms with E-state index >= 15 is 0 Å². The van der Waals surface area contributed by atoms with Gasteiger partial charge in [-0.2, -0.15) is 5.10 Å². The van der Waals surface area contributed by atoms with Crippen molar-refractivity contribution in [1.29, 1.82) is 0 Å². The zero-order chi connectivity index (χ0) is 12.1. The summed E-state index contributed by atoms with van der Waals surface area (Å²) in [6, 6.07) is 9.38. The highest BCUT2D eigenvalue weighted by molar-refractivity contribution is 5.29. The van der Waals surface area contributed by atoms with Crippen molar-refractivity contribution in [2.75, 3.05) is 6.61 Å². The number of nitrogens with zero attached hydrogens (tertiary/aromatic N) is 2. The number of aliphatic hydroxyl groups excluding tert-OH is 1. The smallest absolute Gasteiger partial charge is 0.119 e. The van der Waals surface area contributed by atoms with Gasteiger partial charge in [-0.1, -0.05) is 12.1 Å². The molecule has 0 bridgehead atoms. The molecule has 4 heteroatoms. The van der Waals surface area contributed by atoms with Gasteiger partial charge < -0.3 is 9.84 Å². The molecule has 1 atom stereocenters. The molecule has 90 valence electrons. The van der Waals surface area contributed by atoms with Crippen LogP contribution in [0.25, 0.3) is 0 Å². The maximum atomic E-state index is 9.45. The zero-order valence-corrected chi connectivity index (χ0v) is 9.78. The number of aromatic nitrogens is 2. The van der Waals surface area contributed by atoms with Gasteiger partial charge >= 0.3 is 0 Å². The first-order chi connectivity index (χ1) is 8.25. The van der Waals surface area contributed by atoms with Crippen LogP contribution in [0.15, 0.2) is 42.7 Å². The molecule has 1 aromatic carbocycles. The van der Waals surface area contributed by atoms with Crippen LogP contribution in [0, 0.1) is 0 Å². The lowest BCUT2D eigenvalue weighted by atomic mass is 10.1. The van der Waals surface area contributed by atoms with Crippen molar-refractivity contribution in [2.24, 2.45) is 0 Å². The van der Waals surface area contributed by atoms with Gasteiger partial charge in [-0.05, 0) is 30.7 Å². The van der Waals surface area contributed by atoms with Gasteiger partial charge in [-0.25, -0.2) is 0 Å². The predicted octanol–water partition coefficient (Wildman–Crippen LogP) is 2.02. The largest absolute Gasteiger partial charge is 0.492 e. The van der Waals surface area contributed by atoms with E-state index in [1.54, 1.807) is 13.1 Å². The van der Waals surface area contributed by atoms with Crippen LogP contribution in [0.4, 0.5) is 0 Å². The van der Waals surface area contributed by atoms with E-state index < -0.39 is 6.10 Å². The molecule has 1 aromatic heterocycles. The average molecular weight is 232 g/mol. The van der Waals surface area contributed by atoms with Crippen molar-refractivity contribution < 1.29 is 9.84 Å². The van der Waals surface area contributed by atoms with Crippen molar-refractivity contribution in [1.82, 2.24) is 9.78 Å². The average Bonchev–Trinajstić information content (AvgIpc) is 2.82. The molecule has 17 heavy (non-hydrogen) atoms. The van der Waals surface area contributed by atoms with Crippen LogP contribution in [-0.2, 0) is 6.54 Å². The minimum absolute atomic E-state index is 0.468. The van der Waals surface area contributed by atoms with Crippen molar-refractivity contribution in [3.63, 3.8) is 0 Å². The molecule has 0 aliphatic rings. The Hall–Kier alpha value is -1.81. The number of rotatable bonds is 5. The Morgan fingerprint density at radius 2 is 2.29 bits per heavy atom. The van der Waals surface area contributed by atoms with E-state index in [-0.39, 0.29) is 0 Å². The Labute approximate surface area is 100 Å². The van der Waals surface area contributed by atoms with Crippen LogP contribution in [0.1, 0.15) is 18.6 Å². The molecular weight excluding hydrogens is 216 g/mol. The molecule has 2 rings (SSSR count). The van der Waals surface area contributed by atoms with Crippen molar-refractivity contribution in [3.8, 4) is 5.75 Å². The van der Waals surface area contributed by atoms with Crippen LogP contribution < -0.4 is 4.74 Å². The molecule has 2 aromatic rings. The highest BCUT2D eigenvalue weighted by Gasteiger charge is 2.02. The summed E-state index contributed by atoms with van der Waals surface area (Å²) >= 11 is 0. The third kappa shape index (κ3) is 3.32. The van der Waals surface area contributed by atoms with Crippen LogP contribution in [0.3, 0.4) is 0 Å². The Morgan fingerprint density at radius 3 is 3.00 bits per heavy atom. The van der Waals surface area contributed by atoms with Gasteiger partial charge in [0.15, 0.2) is 0 Å². The van der Waals surface area contributed by atoms with Gasteiger partial charge in [0.1, 0.15) is 12.4 Å². The molecule has 0 saturated carbocycles. The van der Waals surface area contributed by atoms with E-state index in [1.165, 1.54) is 0 Å². The molecule has 0 aliphatic carbocycles. The van der Waals surface area contributed by atoms with Gasteiger partial charge in [0.05, 0.1) is 12.6 Å². The van der Waals surface area contributed by atoms with Crippen LogP contribution >= 0.6 is 0 Å². The summed E-state index contributed by atoms with van der Waals surface area (Å²) in [6.45, 7) is 3.01. The molecule has 1 heterocycles. The third-order valence-corrected chi connectivity index (χ3v) is 2.49. The fourth-order valence-electron chi connectivity index (χ4n) is 1.55. The number of benzene rings is 1. The van der Waals surface area contributed by atoms with Gasteiger partial charge in [-0.15, -0.1) is 0 Å². The second-order valence-corrected chi connectivity index (χ2v) is 3.87. The first-order valence-electron chi connectivity index (χ1n) is 5.64. The summed E-state index contributed by atoms with van der Waals surface area (Å²) in [5, 5.41) is 13.5. The van der Waals surface area contributed by atoms with Gasteiger partial charge in [0, 0.05) is 12.4 Å². The highest BCUT2D eigenvalue weighted by Crippen LogP contribution is 2.18. The topological polar surface area (TPSA) is 47.3 Å². The van der Waals surface area contributed by atoms with Crippen molar-refractivity contribution >= 4 is 0 Å². The van der Waals surface area contributed by atoms with E-state index in [4.69, 9.17) is 4.74 Å². The first-order valence-corrected chi connectivity index (χ1v) is 5.64.